The number of aliphatic carboxylic acids is 1. The van der Waals surface area contributed by atoms with Gasteiger partial charge in [-0.05, 0) is 37.5 Å². The van der Waals surface area contributed by atoms with Crippen LogP contribution >= 0.6 is 0 Å². The number of ether oxygens (including phenoxy) is 2. The number of carbonyl (C=O) groups excluding carboxylic acids is 5. The SMILES string of the molecule is O=CC(CC(=O)O)NC(=O)C1CCCN2C(=O)CCC(NC(=O)c3ccc4c(c3)OCO4)C(=O)N12. The van der Waals surface area contributed by atoms with Crippen LogP contribution in [0.1, 0.15) is 42.5 Å². The first-order valence-electron chi connectivity index (χ1n) is 11.1. The molecule has 0 radical (unpaired) electrons. The molecular weight excluding hydrogens is 464 g/mol. The summed E-state index contributed by atoms with van der Waals surface area (Å²) in [4.78, 5) is 74.1. The number of nitrogens with one attached hydrogen (secondary N) is 2. The lowest BCUT2D eigenvalue weighted by molar-refractivity contribution is -0.176. The number of carboxylic acid groups (broad SMARTS) is 1. The predicted octanol–water partition coefficient (Wildman–Crippen LogP) is -0.799. The van der Waals surface area contributed by atoms with Gasteiger partial charge in [-0.2, -0.15) is 0 Å². The molecule has 3 atom stereocenters. The van der Waals surface area contributed by atoms with Crippen LogP contribution in [-0.4, -0.2) is 82.5 Å². The van der Waals surface area contributed by atoms with E-state index in [1.165, 1.54) is 17.1 Å². The molecule has 0 spiro atoms. The zero-order chi connectivity index (χ0) is 25.1. The molecule has 0 bridgehead atoms. The third kappa shape index (κ3) is 5.03. The smallest absolute Gasteiger partial charge is 0.305 e. The number of hydrogen-bond donors (Lipinski definition) is 3. The van der Waals surface area contributed by atoms with Crippen molar-refractivity contribution in [3.05, 3.63) is 23.8 Å². The van der Waals surface area contributed by atoms with Crippen molar-refractivity contribution in [1.29, 1.82) is 0 Å². The number of nitrogens with zero attached hydrogens (tertiary/aromatic N) is 2. The number of carbonyl (C=O) groups is 6. The molecule has 4 amide bonds. The van der Waals surface area contributed by atoms with E-state index >= 15 is 0 Å². The Morgan fingerprint density at radius 2 is 1.94 bits per heavy atom. The number of amides is 4. The molecule has 2 saturated heterocycles. The van der Waals surface area contributed by atoms with Gasteiger partial charge in [0.25, 0.3) is 11.8 Å². The topological polar surface area (TPSA) is 172 Å². The van der Waals surface area contributed by atoms with E-state index in [0.29, 0.717) is 24.2 Å². The molecule has 3 unspecified atom stereocenters. The van der Waals surface area contributed by atoms with Crippen LogP contribution in [0.5, 0.6) is 11.5 Å². The summed E-state index contributed by atoms with van der Waals surface area (Å²) < 4.78 is 10.5. The number of hydrogen-bond acceptors (Lipinski definition) is 8. The lowest BCUT2D eigenvalue weighted by Gasteiger charge is -2.43. The quantitative estimate of drug-likeness (QED) is 0.416. The fourth-order valence-electron chi connectivity index (χ4n) is 4.29. The van der Waals surface area contributed by atoms with Gasteiger partial charge in [0.2, 0.25) is 18.6 Å². The lowest BCUT2D eigenvalue weighted by atomic mass is 10.0. The first-order chi connectivity index (χ1) is 16.8. The summed E-state index contributed by atoms with van der Waals surface area (Å²) in [6.07, 6.45) is 0.308. The Bertz CT molecular complexity index is 1080. The molecule has 13 heteroatoms. The van der Waals surface area contributed by atoms with Crippen LogP contribution in [0.4, 0.5) is 0 Å². The van der Waals surface area contributed by atoms with Crippen LogP contribution < -0.4 is 20.1 Å². The maximum atomic E-state index is 13.5. The normalized spacial score (nSPS) is 22.1. The van der Waals surface area contributed by atoms with Crippen molar-refractivity contribution in [1.82, 2.24) is 20.7 Å². The summed E-state index contributed by atoms with van der Waals surface area (Å²) in [6.45, 7) is 0.249. The maximum absolute atomic E-state index is 13.5. The van der Waals surface area contributed by atoms with Gasteiger partial charge in [0.15, 0.2) is 11.5 Å². The molecule has 186 valence electrons. The van der Waals surface area contributed by atoms with Gasteiger partial charge in [0.1, 0.15) is 18.4 Å². The average Bonchev–Trinajstić information content (AvgIpc) is 3.28. The molecule has 0 saturated carbocycles. The Kier molecular flexibility index (Phi) is 6.85. The summed E-state index contributed by atoms with van der Waals surface area (Å²) in [5, 5.41) is 16.1. The molecule has 3 aliphatic heterocycles. The molecule has 35 heavy (non-hydrogen) atoms. The molecular formula is C22H24N4O9. The molecule has 4 rings (SSSR count). The molecule has 13 nitrogen and oxygen atoms in total. The first kappa shape index (κ1) is 24.0. The molecule has 3 heterocycles. The summed E-state index contributed by atoms with van der Waals surface area (Å²) in [6, 6.07) is 1.06. The minimum Gasteiger partial charge on any atom is -0.481 e. The lowest BCUT2D eigenvalue weighted by Crippen LogP contribution is -2.64. The highest BCUT2D eigenvalue weighted by atomic mass is 16.7. The zero-order valence-corrected chi connectivity index (χ0v) is 18.6. The van der Waals surface area contributed by atoms with Gasteiger partial charge >= 0.3 is 5.97 Å². The van der Waals surface area contributed by atoms with E-state index in [4.69, 9.17) is 14.6 Å². The highest BCUT2D eigenvalue weighted by molar-refractivity contribution is 6.00. The van der Waals surface area contributed by atoms with E-state index in [2.05, 4.69) is 10.6 Å². The van der Waals surface area contributed by atoms with Crippen LogP contribution in [0.25, 0.3) is 0 Å². The van der Waals surface area contributed by atoms with Crippen molar-refractivity contribution >= 4 is 35.9 Å². The van der Waals surface area contributed by atoms with E-state index < -0.39 is 48.2 Å². The van der Waals surface area contributed by atoms with E-state index in [-0.39, 0.29) is 44.1 Å². The minimum absolute atomic E-state index is 0.0291. The number of aldehydes is 1. The molecule has 2 fully saturated rings. The van der Waals surface area contributed by atoms with Gasteiger partial charge in [-0.1, -0.05) is 0 Å². The van der Waals surface area contributed by atoms with Crippen LogP contribution in [0.3, 0.4) is 0 Å². The fourth-order valence-corrected chi connectivity index (χ4v) is 4.29. The van der Waals surface area contributed by atoms with E-state index in [1.54, 1.807) is 6.07 Å². The number of hydrazine groups is 1. The first-order valence-corrected chi connectivity index (χ1v) is 11.1. The van der Waals surface area contributed by atoms with Crippen LogP contribution in [-0.2, 0) is 24.0 Å². The Balaban J connectivity index is 1.52. The number of fused-ring (bicyclic) bond motifs is 2. The molecule has 1 aromatic carbocycles. The van der Waals surface area contributed by atoms with E-state index in [9.17, 15) is 28.8 Å². The zero-order valence-electron chi connectivity index (χ0n) is 18.6. The van der Waals surface area contributed by atoms with Crippen molar-refractivity contribution in [2.45, 2.75) is 50.2 Å². The molecule has 3 N–H and O–H groups in total. The third-order valence-electron chi connectivity index (χ3n) is 5.99. The second-order valence-electron chi connectivity index (χ2n) is 8.34. The Morgan fingerprint density at radius 1 is 1.17 bits per heavy atom. The minimum atomic E-state index is -1.28. The molecule has 0 aliphatic carbocycles. The van der Waals surface area contributed by atoms with E-state index in [0.717, 1.165) is 5.01 Å². The largest absolute Gasteiger partial charge is 0.481 e. The van der Waals surface area contributed by atoms with Gasteiger partial charge < -0.3 is 30.0 Å². The van der Waals surface area contributed by atoms with Gasteiger partial charge in [0, 0.05) is 18.5 Å². The van der Waals surface area contributed by atoms with Crippen LogP contribution in [0.2, 0.25) is 0 Å². The number of carboxylic acids is 1. The highest BCUT2D eigenvalue weighted by Gasteiger charge is 2.45. The summed E-state index contributed by atoms with van der Waals surface area (Å²) >= 11 is 0. The monoisotopic (exact) mass is 488 g/mol. The van der Waals surface area contributed by atoms with Crippen LogP contribution in [0.15, 0.2) is 18.2 Å². The number of rotatable bonds is 7. The molecule has 3 aliphatic rings. The number of benzene rings is 1. The molecule has 0 aromatic heterocycles. The Hall–Kier alpha value is -4.16. The second kappa shape index (κ2) is 9.99. The second-order valence-corrected chi connectivity index (χ2v) is 8.34. The van der Waals surface area contributed by atoms with E-state index in [1.807, 2.05) is 0 Å². The predicted molar refractivity (Wildman–Crippen MR) is 115 cm³/mol. The third-order valence-corrected chi connectivity index (χ3v) is 5.99. The summed E-state index contributed by atoms with van der Waals surface area (Å²) in [7, 11) is 0. The maximum Gasteiger partial charge on any atom is 0.305 e. The van der Waals surface area contributed by atoms with Gasteiger partial charge in [0.05, 0.1) is 12.5 Å². The highest BCUT2D eigenvalue weighted by Crippen LogP contribution is 2.32. The average molecular weight is 488 g/mol. The van der Waals surface area contributed by atoms with Gasteiger partial charge in [-0.15, -0.1) is 0 Å². The van der Waals surface area contributed by atoms with Crippen LogP contribution in [0, 0.1) is 0 Å². The standard InChI is InChI=1S/C22H24N4O9/c27-10-13(9-19(29)30)23-21(32)15-2-1-7-25-18(28)6-4-14(22(33)26(15)25)24-20(31)12-3-5-16-17(8-12)35-11-34-16/h3,5,8,10,13-15H,1-2,4,6-7,9,11H2,(H,23,32)(H,24,31)(H,29,30). The Labute approximate surface area is 199 Å². The van der Waals surface area contributed by atoms with Crippen molar-refractivity contribution < 1.29 is 43.3 Å². The van der Waals surface area contributed by atoms with Crippen molar-refractivity contribution in [2.24, 2.45) is 0 Å². The van der Waals surface area contributed by atoms with Crippen molar-refractivity contribution in [3.63, 3.8) is 0 Å². The molecule has 1 aromatic rings. The van der Waals surface area contributed by atoms with Gasteiger partial charge in [-0.25, -0.2) is 5.01 Å². The van der Waals surface area contributed by atoms with Crippen molar-refractivity contribution in [3.8, 4) is 11.5 Å². The van der Waals surface area contributed by atoms with Crippen molar-refractivity contribution in [2.75, 3.05) is 13.3 Å². The summed E-state index contributed by atoms with van der Waals surface area (Å²) in [5.74, 6) is -2.74. The Morgan fingerprint density at radius 3 is 2.69 bits per heavy atom. The summed E-state index contributed by atoms with van der Waals surface area (Å²) in [5.41, 5.74) is 0.227. The fraction of sp³-hybridized carbons (Fsp3) is 0.455. The van der Waals surface area contributed by atoms with Gasteiger partial charge in [-0.3, -0.25) is 29.0 Å².